The molecule has 0 aliphatic rings. The Hall–Kier alpha value is -0.540. The van der Waals surface area contributed by atoms with Crippen LogP contribution in [0.3, 0.4) is 0 Å². The largest absolute Gasteiger partial charge is 0.372 e. The molecular weight excluding hydrogens is 276 g/mol. The minimum absolute atomic E-state index is 0.375. The molecular formula is C14H23BrN2. The maximum absolute atomic E-state index is 3.67. The van der Waals surface area contributed by atoms with Gasteiger partial charge in [-0.3, -0.25) is 0 Å². The van der Waals surface area contributed by atoms with Gasteiger partial charge in [-0.2, -0.15) is 0 Å². The minimum Gasteiger partial charge on any atom is -0.372 e. The van der Waals surface area contributed by atoms with Crippen molar-refractivity contribution in [3.05, 3.63) is 28.2 Å². The Morgan fingerprint density at radius 3 is 2.53 bits per heavy atom. The molecule has 0 aromatic heterocycles. The minimum atomic E-state index is 0.375. The summed E-state index contributed by atoms with van der Waals surface area (Å²) in [5.41, 5.74) is 2.61. The molecule has 1 unspecified atom stereocenters. The zero-order valence-electron chi connectivity index (χ0n) is 11.3. The van der Waals surface area contributed by atoms with Crippen LogP contribution in [0.2, 0.25) is 0 Å². The monoisotopic (exact) mass is 298 g/mol. The molecule has 0 aliphatic carbocycles. The van der Waals surface area contributed by atoms with Gasteiger partial charge in [0.2, 0.25) is 0 Å². The van der Waals surface area contributed by atoms with E-state index in [0.717, 1.165) is 13.1 Å². The Balaban J connectivity index is 2.94. The van der Waals surface area contributed by atoms with Crippen LogP contribution in [0.15, 0.2) is 22.7 Å². The van der Waals surface area contributed by atoms with E-state index in [0.29, 0.717) is 6.04 Å². The molecule has 96 valence electrons. The smallest absolute Gasteiger partial charge is 0.0377 e. The topological polar surface area (TPSA) is 15.3 Å². The fourth-order valence-electron chi connectivity index (χ4n) is 1.96. The molecule has 0 radical (unpaired) electrons. The first-order valence-corrected chi connectivity index (χ1v) is 7.14. The fraction of sp³-hybridized carbons (Fsp3) is 0.571. The van der Waals surface area contributed by atoms with Crippen molar-refractivity contribution in [2.75, 3.05) is 25.0 Å². The highest BCUT2D eigenvalue weighted by Gasteiger charge is 2.10. The van der Waals surface area contributed by atoms with Crippen LogP contribution in [0, 0.1) is 0 Å². The lowest BCUT2D eigenvalue weighted by Gasteiger charge is -2.24. The van der Waals surface area contributed by atoms with Crippen molar-refractivity contribution < 1.29 is 0 Å². The second-order valence-electron chi connectivity index (χ2n) is 4.30. The maximum Gasteiger partial charge on any atom is 0.0377 e. The quantitative estimate of drug-likeness (QED) is 0.855. The van der Waals surface area contributed by atoms with Crippen molar-refractivity contribution >= 4 is 21.6 Å². The van der Waals surface area contributed by atoms with E-state index in [2.05, 4.69) is 65.1 Å². The van der Waals surface area contributed by atoms with Crippen molar-refractivity contribution in [1.82, 2.24) is 5.32 Å². The Bertz CT molecular complexity index is 352. The van der Waals surface area contributed by atoms with Crippen LogP contribution in [0.25, 0.3) is 0 Å². The summed E-state index contributed by atoms with van der Waals surface area (Å²) in [6.07, 6.45) is 1.18. The van der Waals surface area contributed by atoms with E-state index < -0.39 is 0 Å². The summed E-state index contributed by atoms with van der Waals surface area (Å²) in [5, 5.41) is 3.27. The summed E-state index contributed by atoms with van der Waals surface area (Å²) in [5.74, 6) is 0. The number of nitrogens with zero attached hydrogens (tertiary/aromatic N) is 1. The number of benzene rings is 1. The Labute approximate surface area is 114 Å². The van der Waals surface area contributed by atoms with E-state index in [4.69, 9.17) is 0 Å². The van der Waals surface area contributed by atoms with E-state index in [1.54, 1.807) is 0 Å². The van der Waals surface area contributed by atoms with Gasteiger partial charge in [0.1, 0.15) is 0 Å². The first-order chi connectivity index (χ1) is 8.13. The molecule has 17 heavy (non-hydrogen) atoms. The standard InChI is InChI=1S/C14H23BrN2/c1-5-9-17(6-2)12-7-8-13(11(3)16-4)14(15)10-12/h7-8,10-11,16H,5-6,9H2,1-4H3. The average molecular weight is 299 g/mol. The predicted molar refractivity (Wildman–Crippen MR) is 79.8 cm³/mol. The highest BCUT2D eigenvalue weighted by Crippen LogP contribution is 2.28. The lowest BCUT2D eigenvalue weighted by molar-refractivity contribution is 0.649. The van der Waals surface area contributed by atoms with Gasteiger partial charge in [-0.25, -0.2) is 0 Å². The van der Waals surface area contributed by atoms with E-state index in [1.165, 1.54) is 22.1 Å². The van der Waals surface area contributed by atoms with Gasteiger partial charge in [-0.05, 0) is 45.0 Å². The van der Waals surface area contributed by atoms with Crippen LogP contribution >= 0.6 is 15.9 Å². The third kappa shape index (κ3) is 3.71. The zero-order chi connectivity index (χ0) is 12.8. The molecule has 0 saturated heterocycles. The summed E-state index contributed by atoms with van der Waals surface area (Å²) in [4.78, 5) is 2.40. The molecule has 1 aromatic carbocycles. The maximum atomic E-state index is 3.67. The average Bonchev–Trinajstić information content (AvgIpc) is 2.35. The van der Waals surface area contributed by atoms with Gasteiger partial charge < -0.3 is 10.2 Å². The molecule has 0 heterocycles. The van der Waals surface area contributed by atoms with Crippen LogP contribution in [0.4, 0.5) is 5.69 Å². The van der Waals surface area contributed by atoms with E-state index in [1.807, 2.05) is 7.05 Å². The number of rotatable bonds is 6. The van der Waals surface area contributed by atoms with Crippen molar-refractivity contribution in [3.63, 3.8) is 0 Å². The number of hydrogen-bond acceptors (Lipinski definition) is 2. The molecule has 1 N–H and O–H groups in total. The third-order valence-corrected chi connectivity index (χ3v) is 3.81. The number of anilines is 1. The van der Waals surface area contributed by atoms with E-state index in [9.17, 15) is 0 Å². The summed E-state index contributed by atoms with van der Waals surface area (Å²) < 4.78 is 1.19. The van der Waals surface area contributed by atoms with Crippen LogP contribution < -0.4 is 10.2 Å². The number of halogens is 1. The molecule has 0 aliphatic heterocycles. The van der Waals surface area contributed by atoms with Gasteiger partial charge in [0.05, 0.1) is 0 Å². The first-order valence-electron chi connectivity index (χ1n) is 6.35. The van der Waals surface area contributed by atoms with Gasteiger partial charge in [0.25, 0.3) is 0 Å². The number of nitrogens with one attached hydrogen (secondary N) is 1. The molecule has 0 spiro atoms. The van der Waals surface area contributed by atoms with Crippen molar-refractivity contribution in [1.29, 1.82) is 0 Å². The predicted octanol–water partition coefficient (Wildman–Crippen LogP) is 3.97. The summed E-state index contributed by atoms with van der Waals surface area (Å²) in [6, 6.07) is 7.02. The van der Waals surface area contributed by atoms with Crippen molar-refractivity contribution in [3.8, 4) is 0 Å². The molecule has 0 bridgehead atoms. The van der Waals surface area contributed by atoms with Gasteiger partial charge in [-0.1, -0.05) is 28.9 Å². The highest BCUT2D eigenvalue weighted by molar-refractivity contribution is 9.10. The molecule has 1 aromatic rings. The Morgan fingerprint density at radius 1 is 1.35 bits per heavy atom. The van der Waals surface area contributed by atoms with Gasteiger partial charge in [0.15, 0.2) is 0 Å². The van der Waals surface area contributed by atoms with Gasteiger partial charge in [-0.15, -0.1) is 0 Å². The molecule has 1 atom stereocenters. The Morgan fingerprint density at radius 2 is 2.06 bits per heavy atom. The zero-order valence-corrected chi connectivity index (χ0v) is 12.8. The lowest BCUT2D eigenvalue weighted by Crippen LogP contribution is -2.23. The summed E-state index contributed by atoms with van der Waals surface area (Å²) >= 11 is 3.67. The second-order valence-corrected chi connectivity index (χ2v) is 5.15. The normalized spacial score (nSPS) is 12.5. The molecule has 1 rings (SSSR count). The third-order valence-electron chi connectivity index (χ3n) is 3.12. The number of hydrogen-bond donors (Lipinski definition) is 1. The van der Waals surface area contributed by atoms with Crippen molar-refractivity contribution in [2.45, 2.75) is 33.2 Å². The molecule has 0 fully saturated rings. The molecule has 3 heteroatoms. The van der Waals surface area contributed by atoms with Crippen LogP contribution in [-0.4, -0.2) is 20.1 Å². The van der Waals surface area contributed by atoms with E-state index >= 15 is 0 Å². The van der Waals surface area contributed by atoms with Gasteiger partial charge in [0, 0.05) is 29.3 Å². The first kappa shape index (κ1) is 14.5. The summed E-state index contributed by atoms with van der Waals surface area (Å²) in [6.45, 7) is 8.76. The van der Waals surface area contributed by atoms with Gasteiger partial charge >= 0.3 is 0 Å². The van der Waals surface area contributed by atoms with Crippen LogP contribution in [0.5, 0.6) is 0 Å². The fourth-order valence-corrected chi connectivity index (χ4v) is 2.67. The molecule has 0 amide bonds. The Kier molecular flexibility index (Phi) is 6.00. The van der Waals surface area contributed by atoms with E-state index in [-0.39, 0.29) is 0 Å². The highest BCUT2D eigenvalue weighted by atomic mass is 79.9. The molecule has 0 saturated carbocycles. The second kappa shape index (κ2) is 7.02. The van der Waals surface area contributed by atoms with Crippen LogP contribution in [-0.2, 0) is 0 Å². The van der Waals surface area contributed by atoms with Crippen molar-refractivity contribution in [2.24, 2.45) is 0 Å². The summed E-state index contributed by atoms with van der Waals surface area (Å²) in [7, 11) is 1.99. The lowest BCUT2D eigenvalue weighted by atomic mass is 10.1. The molecule has 2 nitrogen and oxygen atoms in total. The SMILES string of the molecule is CCCN(CC)c1ccc(C(C)NC)c(Br)c1. The van der Waals surface area contributed by atoms with Crippen LogP contribution in [0.1, 0.15) is 38.8 Å².